The summed E-state index contributed by atoms with van der Waals surface area (Å²) in [6.07, 6.45) is -4.22. The van der Waals surface area contributed by atoms with Crippen LogP contribution in [0.15, 0.2) is 24.3 Å². The van der Waals surface area contributed by atoms with Crippen molar-refractivity contribution in [3.63, 3.8) is 0 Å². The minimum Gasteiger partial charge on any atom is -0.497 e. The maximum Gasteiger partial charge on any atom is 0.348 e. The van der Waals surface area contributed by atoms with Crippen molar-refractivity contribution < 1.29 is 53.2 Å². The van der Waals surface area contributed by atoms with E-state index in [0.717, 1.165) is 0 Å². The number of carbonyl (C=O) groups excluding carboxylic acids is 6. The SMILES string of the molecule is COc1ccc(CC2NC(=O)C(CC(C)C)OC(=O)C(C(C)C)OC(=O)C(CO)NC(=O)C(C(C)O)NC(=O)C(CC(C)C)N(C)C2=O)cc1. The van der Waals surface area contributed by atoms with Crippen LogP contribution in [-0.4, -0.2) is 114 Å². The second-order valence-corrected chi connectivity index (χ2v) is 13.8. The standard InChI is InChI=1S/C35H54N4O11/c1-18(2)14-26-30(42)38-28(21(7)41)32(44)37-25(17-40)34(46)50-29(20(5)6)35(47)49-27(15-19(3)4)31(43)36-24(33(45)39(26)8)16-22-10-12-23(48-9)13-11-22/h10-13,18-21,24-29,40-41H,14-17H2,1-9H3,(H,36,43)(H,37,44)(H,38,42). The Bertz CT molecular complexity index is 1330. The number of esters is 2. The van der Waals surface area contributed by atoms with Gasteiger partial charge in [-0.1, -0.05) is 53.7 Å². The molecular weight excluding hydrogens is 652 g/mol. The van der Waals surface area contributed by atoms with Gasteiger partial charge in [0.25, 0.3) is 5.91 Å². The second-order valence-electron chi connectivity index (χ2n) is 13.8. The van der Waals surface area contributed by atoms with Crippen LogP contribution >= 0.6 is 0 Å². The largest absolute Gasteiger partial charge is 0.497 e. The van der Waals surface area contributed by atoms with Crippen molar-refractivity contribution in [2.75, 3.05) is 20.8 Å². The molecule has 1 fully saturated rings. The number of rotatable bonds is 10. The van der Waals surface area contributed by atoms with E-state index in [9.17, 15) is 39.0 Å². The minimum atomic E-state index is -1.68. The molecule has 1 aromatic carbocycles. The van der Waals surface area contributed by atoms with Gasteiger partial charge in [-0.2, -0.15) is 0 Å². The summed E-state index contributed by atoms with van der Waals surface area (Å²) in [5.74, 6) is -5.79. The monoisotopic (exact) mass is 706 g/mol. The van der Waals surface area contributed by atoms with Gasteiger partial charge in [0.1, 0.15) is 23.9 Å². The Morgan fingerprint density at radius 1 is 0.780 bits per heavy atom. The number of amides is 4. The Hall–Kier alpha value is -4.24. The Morgan fingerprint density at radius 3 is 1.86 bits per heavy atom. The lowest BCUT2D eigenvalue weighted by atomic mass is 9.98. The lowest BCUT2D eigenvalue weighted by Gasteiger charge is -2.34. The summed E-state index contributed by atoms with van der Waals surface area (Å²) in [6.45, 7) is 10.7. The molecule has 15 nitrogen and oxygen atoms in total. The van der Waals surface area contributed by atoms with Gasteiger partial charge in [-0.25, -0.2) is 9.59 Å². The summed E-state index contributed by atoms with van der Waals surface area (Å²) < 4.78 is 16.3. The van der Waals surface area contributed by atoms with E-state index >= 15 is 0 Å². The first kappa shape index (κ1) is 41.9. The Kier molecular flexibility index (Phi) is 16.1. The van der Waals surface area contributed by atoms with E-state index < -0.39 is 90.6 Å². The normalized spacial score (nSPS) is 25.7. The maximum atomic E-state index is 14.3. The van der Waals surface area contributed by atoms with Crippen molar-refractivity contribution in [1.29, 1.82) is 0 Å². The molecule has 1 heterocycles. The molecule has 280 valence electrons. The van der Waals surface area contributed by atoms with Gasteiger partial charge in [-0.3, -0.25) is 19.2 Å². The third-order valence-corrected chi connectivity index (χ3v) is 8.19. The first-order valence-corrected chi connectivity index (χ1v) is 16.9. The van der Waals surface area contributed by atoms with Crippen molar-refractivity contribution in [3.05, 3.63) is 29.8 Å². The van der Waals surface area contributed by atoms with Crippen LogP contribution in [0.2, 0.25) is 0 Å². The summed E-state index contributed by atoms with van der Waals surface area (Å²) in [7, 11) is 2.91. The van der Waals surface area contributed by atoms with Gasteiger partial charge < -0.3 is 45.3 Å². The van der Waals surface area contributed by atoms with E-state index in [1.54, 1.807) is 38.1 Å². The molecule has 5 N–H and O–H groups in total. The van der Waals surface area contributed by atoms with Crippen LogP contribution in [0, 0.1) is 17.8 Å². The van der Waals surface area contributed by atoms with E-state index in [1.807, 2.05) is 27.7 Å². The lowest BCUT2D eigenvalue weighted by molar-refractivity contribution is -0.178. The topological polar surface area (TPSA) is 210 Å². The molecule has 1 aromatic rings. The van der Waals surface area contributed by atoms with E-state index in [0.29, 0.717) is 11.3 Å². The Morgan fingerprint density at radius 2 is 1.36 bits per heavy atom. The molecule has 1 aliphatic rings. The third kappa shape index (κ3) is 12.0. The van der Waals surface area contributed by atoms with Crippen molar-refractivity contribution in [2.45, 2.75) is 110 Å². The number of nitrogens with one attached hydrogen (secondary N) is 3. The van der Waals surface area contributed by atoms with Gasteiger partial charge in [0.15, 0.2) is 12.1 Å². The third-order valence-electron chi connectivity index (χ3n) is 8.19. The van der Waals surface area contributed by atoms with Crippen LogP contribution in [0.3, 0.4) is 0 Å². The predicted octanol–water partition coefficient (Wildman–Crippen LogP) is 0.478. The molecule has 1 saturated heterocycles. The number of hydrogen-bond donors (Lipinski definition) is 5. The van der Waals surface area contributed by atoms with E-state index in [4.69, 9.17) is 14.2 Å². The molecule has 0 saturated carbocycles. The molecule has 2 rings (SSSR count). The lowest BCUT2D eigenvalue weighted by Crippen LogP contribution is -2.61. The van der Waals surface area contributed by atoms with Crippen LogP contribution in [0.25, 0.3) is 0 Å². The van der Waals surface area contributed by atoms with Gasteiger partial charge in [0, 0.05) is 19.4 Å². The van der Waals surface area contributed by atoms with Crippen molar-refractivity contribution in [1.82, 2.24) is 20.9 Å². The number of nitrogens with zero attached hydrogens (tertiary/aromatic N) is 1. The quantitative estimate of drug-likeness (QED) is 0.211. The number of ether oxygens (including phenoxy) is 3. The molecule has 15 heteroatoms. The van der Waals surface area contributed by atoms with Crippen LogP contribution in [0.4, 0.5) is 0 Å². The van der Waals surface area contributed by atoms with Gasteiger partial charge in [-0.05, 0) is 49.3 Å². The first-order chi connectivity index (χ1) is 23.4. The van der Waals surface area contributed by atoms with Gasteiger partial charge >= 0.3 is 11.9 Å². The van der Waals surface area contributed by atoms with Crippen LogP contribution in [0.1, 0.15) is 66.9 Å². The number of cyclic esters (lactones) is 2. The van der Waals surface area contributed by atoms with Gasteiger partial charge in [-0.15, -0.1) is 0 Å². The number of hydrogen-bond acceptors (Lipinski definition) is 11. The van der Waals surface area contributed by atoms with Gasteiger partial charge in [0.2, 0.25) is 23.8 Å². The molecule has 50 heavy (non-hydrogen) atoms. The maximum absolute atomic E-state index is 14.3. The van der Waals surface area contributed by atoms with Crippen molar-refractivity contribution in [2.24, 2.45) is 17.8 Å². The highest BCUT2D eigenvalue weighted by molar-refractivity contribution is 5.96. The molecule has 7 atom stereocenters. The highest BCUT2D eigenvalue weighted by atomic mass is 16.6. The molecule has 0 bridgehead atoms. The van der Waals surface area contributed by atoms with Crippen LogP contribution < -0.4 is 20.7 Å². The second kappa shape index (κ2) is 19.2. The van der Waals surface area contributed by atoms with E-state index in [1.165, 1.54) is 26.0 Å². The minimum absolute atomic E-state index is 0.00917. The first-order valence-electron chi connectivity index (χ1n) is 16.9. The number of carbonyl (C=O) groups is 6. The fraction of sp³-hybridized carbons (Fsp3) is 0.657. The molecule has 0 aromatic heterocycles. The molecule has 1 aliphatic heterocycles. The summed E-state index contributed by atoms with van der Waals surface area (Å²) in [5, 5.41) is 27.9. The zero-order chi connectivity index (χ0) is 37.9. The molecule has 0 aliphatic carbocycles. The van der Waals surface area contributed by atoms with Crippen LogP contribution in [0.5, 0.6) is 5.75 Å². The summed E-state index contributed by atoms with van der Waals surface area (Å²) >= 11 is 0. The number of aliphatic hydroxyl groups excluding tert-OH is 2. The fourth-order valence-corrected chi connectivity index (χ4v) is 5.35. The van der Waals surface area contributed by atoms with Crippen molar-refractivity contribution in [3.8, 4) is 5.75 Å². The highest BCUT2D eigenvalue weighted by Crippen LogP contribution is 2.19. The summed E-state index contributed by atoms with van der Waals surface area (Å²) in [6, 6.07) is 1.13. The smallest absolute Gasteiger partial charge is 0.348 e. The predicted molar refractivity (Wildman–Crippen MR) is 181 cm³/mol. The number of likely N-dealkylation sites (N-methyl/N-ethyl adjacent to an activating group) is 1. The molecule has 0 spiro atoms. The van der Waals surface area contributed by atoms with E-state index in [2.05, 4.69) is 16.0 Å². The summed E-state index contributed by atoms with van der Waals surface area (Å²) in [5.41, 5.74) is 0.651. The highest BCUT2D eigenvalue weighted by Gasteiger charge is 2.40. The number of benzene rings is 1. The van der Waals surface area contributed by atoms with Crippen LogP contribution in [-0.2, 0) is 44.7 Å². The molecule has 4 amide bonds. The zero-order valence-corrected chi connectivity index (χ0v) is 30.4. The fourth-order valence-electron chi connectivity index (χ4n) is 5.35. The molecule has 0 radical (unpaired) electrons. The summed E-state index contributed by atoms with van der Waals surface area (Å²) in [4.78, 5) is 83.0. The Labute approximate surface area is 293 Å². The number of methoxy groups -OCH3 is 1. The average Bonchev–Trinajstić information content (AvgIpc) is 3.04. The molecular formula is C35H54N4O11. The number of aliphatic hydroxyl groups is 2. The zero-order valence-electron chi connectivity index (χ0n) is 30.4. The van der Waals surface area contributed by atoms with E-state index in [-0.39, 0.29) is 31.1 Å². The molecule has 7 unspecified atom stereocenters. The average molecular weight is 707 g/mol. The van der Waals surface area contributed by atoms with Gasteiger partial charge in [0.05, 0.1) is 19.8 Å². The van der Waals surface area contributed by atoms with Crippen molar-refractivity contribution >= 4 is 35.6 Å². The Balaban J connectivity index is 2.71.